The maximum atomic E-state index is 13.3. The Balaban J connectivity index is 1.64. The number of aromatic nitrogens is 1. The molecule has 0 spiro atoms. The van der Waals surface area contributed by atoms with Gasteiger partial charge in [0.1, 0.15) is 0 Å². The van der Waals surface area contributed by atoms with Crippen LogP contribution < -0.4 is 10.9 Å². The second kappa shape index (κ2) is 9.57. The second-order valence-electron chi connectivity index (χ2n) is 8.77. The molecule has 0 bridgehead atoms. The Hall–Kier alpha value is -3.12. The summed E-state index contributed by atoms with van der Waals surface area (Å²) in [7, 11) is 0. The molecule has 2 heterocycles. The van der Waals surface area contributed by atoms with Gasteiger partial charge in [0, 0.05) is 34.7 Å². The van der Waals surface area contributed by atoms with Crippen LogP contribution in [-0.4, -0.2) is 46.5 Å². The molecule has 0 saturated carbocycles. The van der Waals surface area contributed by atoms with Gasteiger partial charge in [-0.25, -0.2) is 4.79 Å². The van der Waals surface area contributed by atoms with Crippen molar-refractivity contribution in [3.63, 3.8) is 0 Å². The van der Waals surface area contributed by atoms with Crippen molar-refractivity contribution >= 4 is 22.6 Å². The number of carbonyl (C=O) groups is 1. The van der Waals surface area contributed by atoms with Crippen LogP contribution in [0.4, 0.5) is 10.5 Å². The van der Waals surface area contributed by atoms with Crippen LogP contribution in [0.3, 0.4) is 0 Å². The van der Waals surface area contributed by atoms with Gasteiger partial charge in [-0.2, -0.15) is 0 Å². The van der Waals surface area contributed by atoms with Crippen LogP contribution in [0.2, 0.25) is 0 Å². The molecule has 0 radical (unpaired) electrons. The summed E-state index contributed by atoms with van der Waals surface area (Å²) in [4.78, 5) is 33.4. The molecule has 3 aromatic rings. The van der Waals surface area contributed by atoms with Gasteiger partial charge in [0.25, 0.3) is 5.56 Å². The maximum Gasteiger partial charge on any atom is 0.322 e. The van der Waals surface area contributed by atoms with E-state index in [1.54, 1.807) is 4.90 Å². The van der Waals surface area contributed by atoms with Crippen LogP contribution in [0, 0.1) is 13.8 Å². The van der Waals surface area contributed by atoms with Crippen LogP contribution in [-0.2, 0) is 6.54 Å². The van der Waals surface area contributed by atoms with Crippen molar-refractivity contribution in [3.8, 4) is 0 Å². The van der Waals surface area contributed by atoms with Crippen molar-refractivity contribution in [2.75, 3.05) is 25.0 Å². The van der Waals surface area contributed by atoms with E-state index >= 15 is 0 Å². The Kier molecular flexibility index (Phi) is 6.61. The Morgan fingerprint density at radius 2 is 1.97 bits per heavy atom. The minimum Gasteiger partial charge on any atom is -0.322 e. The molecule has 1 saturated heterocycles. The van der Waals surface area contributed by atoms with E-state index in [2.05, 4.69) is 35.1 Å². The second-order valence-corrected chi connectivity index (χ2v) is 8.77. The van der Waals surface area contributed by atoms with E-state index in [9.17, 15) is 9.59 Å². The fourth-order valence-corrected chi connectivity index (χ4v) is 4.76. The van der Waals surface area contributed by atoms with Gasteiger partial charge in [-0.3, -0.25) is 9.69 Å². The van der Waals surface area contributed by atoms with E-state index in [0.29, 0.717) is 18.2 Å². The SMILES string of the molecule is CCN1CCC[C@H]1CN(Cc1cc2c(C)cc(C)cc2[nH]c1=O)C(=O)Nc1ccccc1. The number of urea groups is 1. The number of rotatable bonds is 6. The monoisotopic (exact) mass is 432 g/mol. The number of amides is 2. The van der Waals surface area contributed by atoms with Crippen molar-refractivity contribution in [1.29, 1.82) is 0 Å². The summed E-state index contributed by atoms with van der Waals surface area (Å²) >= 11 is 0. The Morgan fingerprint density at radius 3 is 2.72 bits per heavy atom. The average molecular weight is 433 g/mol. The number of aryl methyl sites for hydroxylation is 2. The van der Waals surface area contributed by atoms with Gasteiger partial charge in [-0.15, -0.1) is 0 Å². The number of para-hydroxylation sites is 1. The molecule has 1 fully saturated rings. The number of nitrogens with one attached hydrogen (secondary N) is 2. The minimum atomic E-state index is -0.181. The standard InChI is InChI=1S/C26H32N4O2/c1-4-29-12-8-11-22(29)17-30(26(32)27-21-9-6-5-7-10-21)16-20-15-23-19(3)13-18(2)14-24(23)28-25(20)31/h5-7,9-10,13-15,22H,4,8,11-12,16-17H2,1-3H3,(H,27,32)(H,28,31)/t22-/m0/s1. The number of H-pyrrole nitrogens is 1. The van der Waals surface area contributed by atoms with Gasteiger partial charge in [-0.05, 0) is 75.2 Å². The highest BCUT2D eigenvalue weighted by Crippen LogP contribution is 2.22. The highest BCUT2D eigenvalue weighted by molar-refractivity contribution is 5.89. The van der Waals surface area contributed by atoms with E-state index in [4.69, 9.17) is 0 Å². The first kappa shape index (κ1) is 22.1. The molecule has 0 unspecified atom stereocenters. The third kappa shape index (κ3) is 4.86. The van der Waals surface area contributed by atoms with Crippen molar-refractivity contribution < 1.29 is 4.79 Å². The lowest BCUT2D eigenvalue weighted by atomic mass is 10.0. The number of hydrogen-bond acceptors (Lipinski definition) is 3. The highest BCUT2D eigenvalue weighted by Gasteiger charge is 2.28. The summed E-state index contributed by atoms with van der Waals surface area (Å²) in [6, 6.07) is 15.6. The summed E-state index contributed by atoms with van der Waals surface area (Å²) in [6.07, 6.45) is 2.21. The summed E-state index contributed by atoms with van der Waals surface area (Å²) < 4.78 is 0. The number of anilines is 1. The Bertz CT molecular complexity index is 1160. The molecule has 168 valence electrons. The molecule has 6 nitrogen and oxygen atoms in total. The number of likely N-dealkylation sites (N-methyl/N-ethyl adjacent to an activating group) is 1. The molecule has 2 N–H and O–H groups in total. The van der Waals surface area contributed by atoms with Gasteiger partial charge >= 0.3 is 6.03 Å². The first-order valence-electron chi connectivity index (χ1n) is 11.4. The van der Waals surface area contributed by atoms with Crippen LogP contribution in [0.25, 0.3) is 10.9 Å². The molecule has 1 atom stereocenters. The molecule has 32 heavy (non-hydrogen) atoms. The quantitative estimate of drug-likeness (QED) is 0.595. The highest BCUT2D eigenvalue weighted by atomic mass is 16.2. The third-order valence-corrected chi connectivity index (χ3v) is 6.40. The summed E-state index contributed by atoms with van der Waals surface area (Å²) in [5.74, 6) is 0. The maximum absolute atomic E-state index is 13.3. The van der Waals surface area contributed by atoms with E-state index in [1.165, 1.54) is 0 Å². The zero-order chi connectivity index (χ0) is 22.7. The molecule has 2 aromatic carbocycles. The molecule has 1 aromatic heterocycles. The Morgan fingerprint density at radius 1 is 1.19 bits per heavy atom. The fraction of sp³-hybridized carbons (Fsp3) is 0.385. The molecular formula is C26H32N4O2. The number of pyridine rings is 1. The topological polar surface area (TPSA) is 68.4 Å². The van der Waals surface area contributed by atoms with E-state index in [-0.39, 0.29) is 18.1 Å². The van der Waals surface area contributed by atoms with Crippen LogP contribution in [0.5, 0.6) is 0 Å². The van der Waals surface area contributed by atoms with Crippen molar-refractivity contribution in [3.05, 3.63) is 75.6 Å². The minimum absolute atomic E-state index is 0.140. The van der Waals surface area contributed by atoms with Gasteiger partial charge < -0.3 is 15.2 Å². The number of fused-ring (bicyclic) bond motifs is 1. The Labute approximate surface area is 189 Å². The smallest absolute Gasteiger partial charge is 0.322 e. The van der Waals surface area contributed by atoms with E-state index < -0.39 is 0 Å². The van der Waals surface area contributed by atoms with Crippen LogP contribution in [0.15, 0.2) is 53.3 Å². The van der Waals surface area contributed by atoms with Gasteiger partial charge in [0.05, 0.1) is 6.54 Å². The van der Waals surface area contributed by atoms with Crippen molar-refractivity contribution in [2.45, 2.75) is 46.2 Å². The lowest BCUT2D eigenvalue weighted by molar-refractivity contribution is 0.174. The predicted octanol–water partition coefficient (Wildman–Crippen LogP) is 4.66. The van der Waals surface area contributed by atoms with Gasteiger partial charge in [0.15, 0.2) is 0 Å². The molecule has 1 aliphatic rings. The van der Waals surface area contributed by atoms with Crippen molar-refractivity contribution in [2.24, 2.45) is 0 Å². The molecule has 6 heteroatoms. The normalized spacial score (nSPS) is 16.4. The summed E-state index contributed by atoms with van der Waals surface area (Å²) in [6.45, 7) is 9.12. The first-order valence-corrected chi connectivity index (χ1v) is 11.4. The van der Waals surface area contributed by atoms with E-state index in [1.807, 2.05) is 49.4 Å². The third-order valence-electron chi connectivity index (χ3n) is 6.40. The zero-order valence-corrected chi connectivity index (χ0v) is 19.1. The lowest BCUT2D eigenvalue weighted by Gasteiger charge is -2.30. The van der Waals surface area contributed by atoms with Gasteiger partial charge in [-0.1, -0.05) is 31.2 Å². The number of nitrogens with zero attached hydrogens (tertiary/aromatic N) is 2. The summed E-state index contributed by atoms with van der Waals surface area (Å²) in [5, 5.41) is 4.02. The number of aromatic amines is 1. The number of benzene rings is 2. The molecule has 2 amide bonds. The lowest BCUT2D eigenvalue weighted by Crippen LogP contribution is -2.45. The largest absolute Gasteiger partial charge is 0.322 e. The van der Waals surface area contributed by atoms with E-state index in [0.717, 1.165) is 53.6 Å². The number of hydrogen-bond donors (Lipinski definition) is 2. The van der Waals surface area contributed by atoms with Crippen LogP contribution >= 0.6 is 0 Å². The molecule has 4 rings (SSSR count). The summed E-state index contributed by atoms with van der Waals surface area (Å²) in [5.41, 5.74) is 4.28. The average Bonchev–Trinajstić information content (AvgIpc) is 3.22. The fourth-order valence-electron chi connectivity index (χ4n) is 4.76. The molecule has 0 aliphatic carbocycles. The van der Waals surface area contributed by atoms with Crippen LogP contribution in [0.1, 0.15) is 36.5 Å². The van der Waals surface area contributed by atoms with Gasteiger partial charge in [0.2, 0.25) is 0 Å². The molecule has 1 aliphatic heterocycles. The van der Waals surface area contributed by atoms with Crippen molar-refractivity contribution in [1.82, 2.24) is 14.8 Å². The zero-order valence-electron chi connectivity index (χ0n) is 19.1. The number of likely N-dealkylation sites (tertiary alicyclic amines) is 1. The first-order chi connectivity index (χ1) is 15.4. The number of carbonyl (C=O) groups excluding carboxylic acids is 1. The molecular weight excluding hydrogens is 400 g/mol. The predicted molar refractivity (Wildman–Crippen MR) is 130 cm³/mol.